The third kappa shape index (κ3) is 3.56. The maximum absolute atomic E-state index is 12.3. The second-order valence-corrected chi connectivity index (χ2v) is 7.90. The summed E-state index contributed by atoms with van der Waals surface area (Å²) in [5, 5.41) is 24.3. The Morgan fingerprint density at radius 1 is 1.09 bits per heavy atom. The Hall–Kier alpha value is -3.85. The van der Waals surface area contributed by atoms with Crippen LogP contribution < -0.4 is 26.4 Å². The van der Waals surface area contributed by atoms with E-state index in [0.717, 1.165) is 35.4 Å². The van der Waals surface area contributed by atoms with E-state index >= 15 is 0 Å². The molecule has 32 heavy (non-hydrogen) atoms. The van der Waals surface area contributed by atoms with Crippen molar-refractivity contribution < 1.29 is 9.84 Å². The Morgan fingerprint density at radius 3 is 2.66 bits per heavy atom. The van der Waals surface area contributed by atoms with E-state index in [4.69, 9.17) is 4.74 Å². The van der Waals surface area contributed by atoms with Gasteiger partial charge in [-0.3, -0.25) is 14.7 Å². The molecule has 0 unspecified atom stereocenters. The van der Waals surface area contributed by atoms with E-state index in [2.05, 4.69) is 25.7 Å². The molecule has 2 heterocycles. The monoisotopic (exact) mass is 433 g/mol. The summed E-state index contributed by atoms with van der Waals surface area (Å²) in [5.74, 6) is 0.983. The number of benzene rings is 2. The first-order chi connectivity index (χ1) is 15.5. The summed E-state index contributed by atoms with van der Waals surface area (Å²) in [6, 6.07) is 12.2. The topological polar surface area (TPSA) is 120 Å². The molecular weight excluding hydrogens is 410 g/mol. The molecule has 0 spiro atoms. The van der Waals surface area contributed by atoms with Crippen molar-refractivity contribution >= 4 is 33.8 Å². The first-order valence-electron chi connectivity index (χ1n) is 10.5. The number of fused-ring (bicyclic) bond motifs is 1. The van der Waals surface area contributed by atoms with Crippen LogP contribution in [0.4, 0.5) is 22.9 Å². The van der Waals surface area contributed by atoms with Crippen LogP contribution in [0.25, 0.3) is 10.9 Å². The second kappa shape index (κ2) is 8.01. The predicted octanol–water partition coefficient (Wildman–Crippen LogP) is 2.62. The summed E-state index contributed by atoms with van der Waals surface area (Å²) in [6.45, 7) is 4.69. The van der Waals surface area contributed by atoms with Crippen molar-refractivity contribution in [2.45, 2.75) is 13.0 Å². The Morgan fingerprint density at radius 2 is 1.88 bits per heavy atom. The minimum atomic E-state index is -0.559. The fraction of sp³-hybridized carbons (Fsp3) is 0.261. The molecule has 1 atom stereocenters. The largest absolute Gasteiger partial charge is 0.508 e. The van der Waals surface area contributed by atoms with Crippen molar-refractivity contribution in [1.82, 2.24) is 10.2 Å². The number of hydrogen-bond acceptors (Lipinski definition) is 8. The number of anilines is 4. The van der Waals surface area contributed by atoms with Crippen LogP contribution in [-0.2, 0) is 4.74 Å². The summed E-state index contributed by atoms with van der Waals surface area (Å²) < 4.78 is 5.42. The average molecular weight is 433 g/mol. The molecule has 3 aromatic carbocycles. The molecule has 1 aliphatic heterocycles. The van der Waals surface area contributed by atoms with Crippen LogP contribution in [0, 0.1) is 0 Å². The molecule has 0 radical (unpaired) electrons. The van der Waals surface area contributed by atoms with Crippen LogP contribution in [-0.4, -0.2) is 41.6 Å². The van der Waals surface area contributed by atoms with E-state index in [9.17, 15) is 14.7 Å². The molecule has 0 aliphatic carbocycles. The maximum atomic E-state index is 12.3. The molecule has 9 nitrogen and oxygen atoms in total. The lowest BCUT2D eigenvalue weighted by molar-refractivity contribution is 0.122. The number of morpholine rings is 1. The highest BCUT2D eigenvalue weighted by atomic mass is 16.5. The molecule has 1 aliphatic rings. The normalized spacial score (nSPS) is 15.2. The molecule has 1 saturated heterocycles. The summed E-state index contributed by atoms with van der Waals surface area (Å²) in [4.78, 5) is 26.7. The number of aromatic hydroxyl groups is 1. The highest BCUT2D eigenvalue weighted by molar-refractivity contribution is 5.94. The zero-order valence-corrected chi connectivity index (χ0v) is 17.5. The van der Waals surface area contributed by atoms with Gasteiger partial charge in [-0.05, 0) is 42.8 Å². The first kappa shape index (κ1) is 20.1. The number of nitrogens with zero attached hydrogens (tertiary/aromatic N) is 2. The van der Waals surface area contributed by atoms with Crippen LogP contribution >= 0.6 is 0 Å². The first-order valence-corrected chi connectivity index (χ1v) is 10.5. The highest BCUT2D eigenvalue weighted by Gasteiger charge is 2.23. The number of aromatic nitrogens is 2. The Labute approximate surface area is 183 Å². The van der Waals surface area contributed by atoms with E-state index in [0.29, 0.717) is 18.9 Å². The standard InChI is InChI=1S/C23H23N5O4/c1-13(14-3-2-4-16(29)11-14)24-19-20(22(31)21(19)30)25-15-5-6-18-17(12-15)23(27-26-18)28-7-9-32-10-8-28/h2-6,11-13,24-25,29H,7-10H2,1H3,(H,26,27)/t13-/m1/s1. The molecular formula is C23H23N5O4. The number of aromatic amines is 1. The van der Waals surface area contributed by atoms with Gasteiger partial charge in [-0.1, -0.05) is 12.1 Å². The number of phenolic OH excluding ortho intramolecular Hbond substituents is 1. The zero-order chi connectivity index (χ0) is 22.2. The van der Waals surface area contributed by atoms with Crippen molar-refractivity contribution in [2.75, 3.05) is 41.8 Å². The van der Waals surface area contributed by atoms with Gasteiger partial charge in [0.05, 0.1) is 18.7 Å². The molecule has 1 aromatic heterocycles. The van der Waals surface area contributed by atoms with Crippen molar-refractivity contribution in [3.63, 3.8) is 0 Å². The second-order valence-electron chi connectivity index (χ2n) is 7.90. The summed E-state index contributed by atoms with van der Waals surface area (Å²) in [7, 11) is 0. The summed E-state index contributed by atoms with van der Waals surface area (Å²) in [6.07, 6.45) is 0. The predicted molar refractivity (Wildman–Crippen MR) is 124 cm³/mol. The van der Waals surface area contributed by atoms with Crippen LogP contribution in [0.15, 0.2) is 52.1 Å². The van der Waals surface area contributed by atoms with Crippen LogP contribution in [0.2, 0.25) is 0 Å². The van der Waals surface area contributed by atoms with Gasteiger partial charge in [0.1, 0.15) is 17.1 Å². The van der Waals surface area contributed by atoms with Gasteiger partial charge in [0.15, 0.2) is 5.82 Å². The van der Waals surface area contributed by atoms with E-state index in [1.54, 1.807) is 18.2 Å². The van der Waals surface area contributed by atoms with Crippen LogP contribution in [0.5, 0.6) is 5.75 Å². The molecule has 5 rings (SSSR count). The minimum absolute atomic E-state index is 0.143. The maximum Gasteiger partial charge on any atom is 0.253 e. The van der Waals surface area contributed by atoms with Gasteiger partial charge in [0, 0.05) is 30.2 Å². The number of phenols is 1. The molecule has 0 bridgehead atoms. The molecule has 4 N–H and O–H groups in total. The van der Waals surface area contributed by atoms with Crippen LogP contribution in [0.3, 0.4) is 0 Å². The van der Waals surface area contributed by atoms with Crippen LogP contribution in [0.1, 0.15) is 18.5 Å². The Balaban J connectivity index is 1.40. The lowest BCUT2D eigenvalue weighted by Crippen LogP contribution is -2.37. The molecule has 0 saturated carbocycles. The summed E-state index contributed by atoms with van der Waals surface area (Å²) in [5.41, 5.74) is 1.74. The van der Waals surface area contributed by atoms with Crippen molar-refractivity contribution in [3.8, 4) is 5.75 Å². The zero-order valence-electron chi connectivity index (χ0n) is 17.5. The van der Waals surface area contributed by atoms with Gasteiger partial charge in [0.25, 0.3) is 10.9 Å². The summed E-state index contributed by atoms with van der Waals surface area (Å²) >= 11 is 0. The fourth-order valence-corrected chi connectivity index (χ4v) is 3.98. The van der Waals surface area contributed by atoms with E-state index in [1.807, 2.05) is 31.2 Å². The van der Waals surface area contributed by atoms with Gasteiger partial charge in [-0.15, -0.1) is 0 Å². The number of rotatable bonds is 6. The molecule has 4 aromatic rings. The van der Waals surface area contributed by atoms with Crippen molar-refractivity contribution in [3.05, 3.63) is 68.5 Å². The van der Waals surface area contributed by atoms with Gasteiger partial charge in [-0.25, -0.2) is 0 Å². The van der Waals surface area contributed by atoms with Crippen molar-refractivity contribution in [1.29, 1.82) is 0 Å². The van der Waals surface area contributed by atoms with Gasteiger partial charge >= 0.3 is 0 Å². The van der Waals surface area contributed by atoms with E-state index < -0.39 is 10.9 Å². The van der Waals surface area contributed by atoms with Gasteiger partial charge in [-0.2, -0.15) is 5.10 Å². The quantitative estimate of drug-likeness (QED) is 0.343. The van der Waals surface area contributed by atoms with E-state index in [-0.39, 0.29) is 23.2 Å². The van der Waals surface area contributed by atoms with Gasteiger partial charge in [0.2, 0.25) is 0 Å². The Kier molecular flexibility index (Phi) is 5.02. The Bertz CT molecular complexity index is 1350. The molecule has 9 heteroatoms. The third-order valence-corrected chi connectivity index (χ3v) is 5.76. The average Bonchev–Trinajstić information content (AvgIpc) is 3.24. The minimum Gasteiger partial charge on any atom is -0.508 e. The lowest BCUT2D eigenvalue weighted by atomic mass is 10.1. The highest BCUT2D eigenvalue weighted by Crippen LogP contribution is 2.30. The SMILES string of the molecule is C[C@@H](Nc1c(Nc2ccc3[nH]nc(N4CCOCC4)c3c2)c(=O)c1=O)c1cccc(O)c1. The molecule has 164 valence electrons. The number of H-pyrrole nitrogens is 1. The number of hydrogen-bond donors (Lipinski definition) is 4. The molecule has 1 fully saturated rings. The van der Waals surface area contributed by atoms with Gasteiger partial charge < -0.3 is 25.4 Å². The number of ether oxygens (including phenoxy) is 1. The third-order valence-electron chi connectivity index (χ3n) is 5.76. The fourth-order valence-electron chi connectivity index (χ4n) is 3.98. The lowest BCUT2D eigenvalue weighted by Gasteiger charge is -2.27. The smallest absolute Gasteiger partial charge is 0.253 e. The van der Waals surface area contributed by atoms with E-state index in [1.165, 1.54) is 0 Å². The number of nitrogens with one attached hydrogen (secondary N) is 3. The van der Waals surface area contributed by atoms with Crippen molar-refractivity contribution in [2.24, 2.45) is 0 Å². The molecule has 0 amide bonds.